The minimum absolute atomic E-state index is 0.152. The molecule has 1 N–H and O–H groups in total. The molecule has 18 heavy (non-hydrogen) atoms. The summed E-state index contributed by atoms with van der Waals surface area (Å²) in [7, 11) is 0. The molecule has 1 aromatic rings. The average Bonchev–Trinajstić information content (AvgIpc) is 2.75. The first kappa shape index (κ1) is 13.6. The Balaban J connectivity index is 2.31. The van der Waals surface area contributed by atoms with Gasteiger partial charge in [-0.05, 0) is 30.6 Å². The van der Waals surface area contributed by atoms with E-state index in [9.17, 15) is 5.11 Å². The first-order chi connectivity index (χ1) is 8.43. The zero-order chi connectivity index (χ0) is 13.3. The normalized spacial score (nSPS) is 29.5. The first-order valence-electron chi connectivity index (χ1n) is 7.13. The first-order valence-corrected chi connectivity index (χ1v) is 7.13. The van der Waals surface area contributed by atoms with Crippen LogP contribution in [0.15, 0.2) is 12.4 Å². The molecule has 3 atom stereocenters. The van der Waals surface area contributed by atoms with Gasteiger partial charge in [-0.3, -0.25) is 0 Å². The number of nitrogens with zero attached hydrogens (tertiary/aromatic N) is 2. The molecule has 1 aliphatic rings. The number of aliphatic hydroxyl groups is 1. The molecule has 3 nitrogen and oxygen atoms in total. The zero-order valence-corrected chi connectivity index (χ0v) is 12.1. The molecule has 0 spiro atoms. The molecular formula is C15H26N2O. The Morgan fingerprint density at radius 2 is 2.11 bits per heavy atom. The largest absolute Gasteiger partial charge is 0.393 e. The summed E-state index contributed by atoms with van der Waals surface area (Å²) in [6, 6.07) is 0.395. The molecule has 0 amide bonds. The van der Waals surface area contributed by atoms with Gasteiger partial charge in [-0.25, -0.2) is 4.98 Å². The van der Waals surface area contributed by atoms with Crippen molar-refractivity contribution in [2.75, 3.05) is 0 Å². The van der Waals surface area contributed by atoms with Crippen LogP contribution in [0.25, 0.3) is 0 Å². The van der Waals surface area contributed by atoms with Gasteiger partial charge in [0, 0.05) is 24.9 Å². The van der Waals surface area contributed by atoms with E-state index < -0.39 is 0 Å². The second kappa shape index (κ2) is 5.04. The van der Waals surface area contributed by atoms with Gasteiger partial charge in [0.05, 0.1) is 6.10 Å². The predicted octanol–water partition coefficient (Wildman–Crippen LogP) is 3.19. The smallest absolute Gasteiger partial charge is 0.108 e. The van der Waals surface area contributed by atoms with Gasteiger partial charge in [-0.2, -0.15) is 0 Å². The average molecular weight is 250 g/mol. The van der Waals surface area contributed by atoms with E-state index in [1.54, 1.807) is 0 Å². The van der Waals surface area contributed by atoms with Crippen LogP contribution in [0.3, 0.4) is 0 Å². The molecular weight excluding hydrogens is 224 g/mol. The van der Waals surface area contributed by atoms with Gasteiger partial charge in [0.2, 0.25) is 0 Å². The molecule has 0 aromatic carbocycles. The minimum Gasteiger partial charge on any atom is -0.393 e. The molecule has 3 heteroatoms. The number of aryl methyl sites for hydroxylation is 1. The molecule has 3 unspecified atom stereocenters. The van der Waals surface area contributed by atoms with Crippen molar-refractivity contribution in [2.24, 2.45) is 11.3 Å². The summed E-state index contributed by atoms with van der Waals surface area (Å²) in [5, 5.41) is 9.99. The topological polar surface area (TPSA) is 38.0 Å². The lowest BCUT2D eigenvalue weighted by atomic mass is 9.69. The summed E-state index contributed by atoms with van der Waals surface area (Å²) in [5.41, 5.74) is 0.278. The lowest BCUT2D eigenvalue weighted by Gasteiger charge is -2.43. The maximum absolute atomic E-state index is 9.99. The molecule has 0 saturated heterocycles. The van der Waals surface area contributed by atoms with E-state index >= 15 is 0 Å². The van der Waals surface area contributed by atoms with Crippen LogP contribution in [-0.4, -0.2) is 20.8 Å². The van der Waals surface area contributed by atoms with Crippen LogP contribution in [0.4, 0.5) is 0 Å². The molecule has 2 rings (SSSR count). The summed E-state index contributed by atoms with van der Waals surface area (Å²) >= 11 is 0. The van der Waals surface area contributed by atoms with Crippen molar-refractivity contribution in [1.82, 2.24) is 9.55 Å². The Hall–Kier alpha value is -0.830. The van der Waals surface area contributed by atoms with Crippen molar-refractivity contribution in [3.63, 3.8) is 0 Å². The molecule has 1 fully saturated rings. The Labute approximate surface area is 110 Å². The molecule has 0 bridgehead atoms. The number of hydrogen-bond donors (Lipinski definition) is 1. The van der Waals surface area contributed by atoms with Crippen LogP contribution >= 0.6 is 0 Å². The highest BCUT2D eigenvalue weighted by atomic mass is 16.3. The Morgan fingerprint density at radius 3 is 2.72 bits per heavy atom. The van der Waals surface area contributed by atoms with Crippen molar-refractivity contribution in [2.45, 2.75) is 65.5 Å². The summed E-state index contributed by atoms with van der Waals surface area (Å²) in [6.07, 6.45) is 7.69. The number of aliphatic hydroxyl groups excluding tert-OH is 1. The van der Waals surface area contributed by atoms with E-state index in [0.29, 0.717) is 12.0 Å². The molecule has 102 valence electrons. The lowest BCUT2D eigenvalue weighted by Crippen LogP contribution is -2.37. The number of hydrogen-bond acceptors (Lipinski definition) is 2. The van der Waals surface area contributed by atoms with E-state index in [1.807, 2.05) is 6.20 Å². The van der Waals surface area contributed by atoms with Crippen molar-refractivity contribution in [3.8, 4) is 0 Å². The molecule has 1 aromatic heterocycles. The SMILES string of the molecule is CCc1nccn1C1CC(O)CCC1C(C)(C)C. The zero-order valence-electron chi connectivity index (χ0n) is 12.1. The van der Waals surface area contributed by atoms with Crippen molar-refractivity contribution in [3.05, 3.63) is 18.2 Å². The van der Waals surface area contributed by atoms with Gasteiger partial charge in [-0.1, -0.05) is 27.7 Å². The van der Waals surface area contributed by atoms with Crippen LogP contribution in [0.1, 0.15) is 58.8 Å². The fourth-order valence-electron chi connectivity index (χ4n) is 3.36. The molecule has 0 radical (unpaired) electrons. The van der Waals surface area contributed by atoms with Gasteiger partial charge in [0.15, 0.2) is 0 Å². The van der Waals surface area contributed by atoms with Crippen LogP contribution in [-0.2, 0) is 6.42 Å². The maximum atomic E-state index is 9.99. The third kappa shape index (κ3) is 2.61. The van der Waals surface area contributed by atoms with Gasteiger partial charge in [0.25, 0.3) is 0 Å². The molecule has 1 aliphatic carbocycles. The standard InChI is InChI=1S/C15H26N2O/c1-5-14-16-8-9-17(14)13-10-11(18)6-7-12(13)15(2,3)4/h8-9,11-13,18H,5-7,10H2,1-4H3. The van der Waals surface area contributed by atoms with E-state index in [2.05, 4.69) is 43.4 Å². The second-order valence-electron chi connectivity index (χ2n) is 6.61. The van der Waals surface area contributed by atoms with Crippen LogP contribution in [0.2, 0.25) is 0 Å². The van der Waals surface area contributed by atoms with E-state index in [4.69, 9.17) is 0 Å². The highest BCUT2D eigenvalue weighted by molar-refractivity contribution is 5.00. The summed E-state index contributed by atoms with van der Waals surface area (Å²) in [5.74, 6) is 1.75. The Bertz CT molecular complexity index is 391. The number of aromatic nitrogens is 2. The van der Waals surface area contributed by atoms with Crippen molar-refractivity contribution >= 4 is 0 Å². The van der Waals surface area contributed by atoms with Gasteiger partial charge >= 0.3 is 0 Å². The third-order valence-electron chi connectivity index (χ3n) is 4.32. The maximum Gasteiger partial charge on any atom is 0.108 e. The van der Waals surface area contributed by atoms with E-state index in [0.717, 1.165) is 31.5 Å². The van der Waals surface area contributed by atoms with Gasteiger partial charge in [-0.15, -0.1) is 0 Å². The quantitative estimate of drug-likeness (QED) is 0.875. The van der Waals surface area contributed by atoms with E-state index in [1.165, 1.54) is 0 Å². The summed E-state index contributed by atoms with van der Waals surface area (Å²) in [4.78, 5) is 4.43. The number of imidazole rings is 1. The van der Waals surface area contributed by atoms with Crippen LogP contribution in [0, 0.1) is 11.3 Å². The summed E-state index contributed by atoms with van der Waals surface area (Å²) in [6.45, 7) is 9.07. The highest BCUT2D eigenvalue weighted by Gasteiger charge is 2.38. The third-order valence-corrected chi connectivity index (χ3v) is 4.32. The second-order valence-corrected chi connectivity index (χ2v) is 6.61. The highest BCUT2D eigenvalue weighted by Crippen LogP contribution is 2.44. The van der Waals surface area contributed by atoms with Crippen molar-refractivity contribution < 1.29 is 5.11 Å². The fourth-order valence-corrected chi connectivity index (χ4v) is 3.36. The van der Waals surface area contributed by atoms with Crippen LogP contribution in [0.5, 0.6) is 0 Å². The Morgan fingerprint density at radius 1 is 1.39 bits per heavy atom. The van der Waals surface area contributed by atoms with Crippen molar-refractivity contribution in [1.29, 1.82) is 0 Å². The Kier molecular flexibility index (Phi) is 3.81. The fraction of sp³-hybridized carbons (Fsp3) is 0.800. The van der Waals surface area contributed by atoms with Gasteiger partial charge < -0.3 is 9.67 Å². The molecule has 0 aliphatic heterocycles. The predicted molar refractivity (Wildman–Crippen MR) is 73.4 cm³/mol. The number of rotatable bonds is 2. The van der Waals surface area contributed by atoms with Gasteiger partial charge in [0.1, 0.15) is 5.82 Å². The molecule has 1 saturated carbocycles. The lowest BCUT2D eigenvalue weighted by molar-refractivity contribution is 0.0290. The monoisotopic (exact) mass is 250 g/mol. The molecule has 1 heterocycles. The minimum atomic E-state index is -0.152. The summed E-state index contributed by atoms with van der Waals surface area (Å²) < 4.78 is 2.30. The van der Waals surface area contributed by atoms with Crippen LogP contribution < -0.4 is 0 Å². The van der Waals surface area contributed by atoms with E-state index in [-0.39, 0.29) is 11.5 Å².